The summed E-state index contributed by atoms with van der Waals surface area (Å²) in [5.41, 5.74) is -3.37. The molecule has 0 radical (unpaired) electrons. The Kier molecular flexibility index (Phi) is 5.14. The number of carbonyl (C=O) groups excluding carboxylic acids is 2. The van der Waals surface area contributed by atoms with E-state index in [1.54, 1.807) is 12.2 Å². The smallest absolute Gasteiger partial charge is 0.338 e. The van der Waals surface area contributed by atoms with Gasteiger partial charge in [-0.15, -0.1) is 0 Å². The van der Waals surface area contributed by atoms with Gasteiger partial charge >= 0.3 is 11.9 Å². The van der Waals surface area contributed by atoms with Crippen LogP contribution in [0.4, 0.5) is 0 Å². The molecule has 8 aliphatic rings. The average molecular weight is 559 g/mol. The number of ether oxygens (including phenoxy) is 7. The lowest BCUT2D eigenvalue weighted by Gasteiger charge is -2.58. The van der Waals surface area contributed by atoms with Crippen LogP contribution in [0.1, 0.15) is 39.5 Å². The van der Waals surface area contributed by atoms with Gasteiger partial charge in [-0.3, -0.25) is 0 Å². The van der Waals surface area contributed by atoms with E-state index in [2.05, 4.69) is 19.9 Å². The summed E-state index contributed by atoms with van der Waals surface area (Å²) in [5, 5.41) is 21.3. The highest BCUT2D eigenvalue weighted by molar-refractivity contribution is 5.82. The van der Waals surface area contributed by atoms with Gasteiger partial charge in [0.15, 0.2) is 12.4 Å². The first-order valence-electron chi connectivity index (χ1n) is 14.2. The Bertz CT molecular complexity index is 1250. The van der Waals surface area contributed by atoms with Crippen molar-refractivity contribution in [2.45, 2.75) is 99.2 Å². The molecule has 8 rings (SSSR count). The number of epoxide rings is 2. The number of aliphatic hydroxyl groups excluding tert-OH is 2. The van der Waals surface area contributed by atoms with Crippen molar-refractivity contribution < 1.29 is 53.0 Å². The van der Waals surface area contributed by atoms with Crippen molar-refractivity contribution in [3.05, 3.63) is 36.0 Å². The maximum Gasteiger partial charge on any atom is 0.338 e. The molecule has 5 saturated heterocycles. The summed E-state index contributed by atoms with van der Waals surface area (Å²) in [7, 11) is 0. The molecule has 4 bridgehead atoms. The van der Waals surface area contributed by atoms with E-state index in [-0.39, 0.29) is 25.4 Å². The molecule has 4 unspecified atom stereocenters. The van der Waals surface area contributed by atoms with Gasteiger partial charge in [-0.2, -0.15) is 0 Å². The molecule has 11 nitrogen and oxygen atoms in total. The van der Waals surface area contributed by atoms with Crippen LogP contribution >= 0.6 is 0 Å². The van der Waals surface area contributed by atoms with E-state index in [1.807, 2.05) is 0 Å². The second-order valence-corrected chi connectivity index (χ2v) is 12.8. The van der Waals surface area contributed by atoms with Crippen LogP contribution in [0.25, 0.3) is 0 Å². The van der Waals surface area contributed by atoms with Gasteiger partial charge in [0, 0.05) is 24.3 Å². The molecule has 0 aromatic heterocycles. The highest BCUT2D eigenvalue weighted by atomic mass is 16.7. The van der Waals surface area contributed by atoms with E-state index in [9.17, 15) is 19.8 Å². The second kappa shape index (κ2) is 8.03. The Balaban J connectivity index is 1.22. The van der Waals surface area contributed by atoms with Crippen LogP contribution in [-0.4, -0.2) is 102 Å². The molecule has 6 heterocycles. The van der Waals surface area contributed by atoms with Crippen molar-refractivity contribution in [1.82, 2.24) is 0 Å². The molecule has 216 valence electrons. The maximum atomic E-state index is 13.7. The minimum Gasteiger partial charge on any atom is -0.463 e. The molecule has 40 heavy (non-hydrogen) atoms. The minimum absolute atomic E-state index is 0.0345. The molecule has 1 saturated carbocycles. The predicted octanol–water partition coefficient (Wildman–Crippen LogP) is 0.615. The summed E-state index contributed by atoms with van der Waals surface area (Å²) < 4.78 is 42.8. The molecule has 0 aromatic carbocycles. The van der Waals surface area contributed by atoms with E-state index in [0.717, 1.165) is 6.42 Å². The molecule has 3 spiro atoms. The lowest BCUT2D eigenvalue weighted by molar-refractivity contribution is -0.233. The number of hydrogen-bond donors (Lipinski definition) is 2. The number of aliphatic hydroxyl groups is 2. The number of carbonyl (C=O) groups is 2. The van der Waals surface area contributed by atoms with Crippen LogP contribution in [0.2, 0.25) is 0 Å². The molecule has 0 aromatic rings. The Morgan fingerprint density at radius 1 is 1.02 bits per heavy atom. The predicted molar refractivity (Wildman–Crippen MR) is 132 cm³/mol. The van der Waals surface area contributed by atoms with Crippen molar-refractivity contribution in [2.75, 3.05) is 19.8 Å². The van der Waals surface area contributed by atoms with E-state index in [0.29, 0.717) is 25.9 Å². The lowest BCUT2D eigenvalue weighted by Crippen LogP contribution is -2.67. The first-order valence-corrected chi connectivity index (χ1v) is 14.2. The molecule has 0 amide bonds. The number of esters is 2. The largest absolute Gasteiger partial charge is 0.463 e. The SMILES string of the molecule is CC1=C[C@H]2O[C@@H]3C[C@H]4OC(=O)C=CC=C[C@]56OCC[C@@]7(OC7C(=O)OC[C@@]2(CC1)[C@]4(C)C31CO1)[C@H]5OC(O)C6O. The number of rotatable bonds is 0. The molecule has 2 N–H and O–H groups in total. The topological polar surface area (TPSA) is 146 Å². The summed E-state index contributed by atoms with van der Waals surface area (Å²) in [6, 6.07) is 0. The summed E-state index contributed by atoms with van der Waals surface area (Å²) in [6.45, 7) is 4.85. The van der Waals surface area contributed by atoms with Crippen LogP contribution in [0.15, 0.2) is 36.0 Å². The molecular formula is C29H34O11. The zero-order chi connectivity index (χ0) is 27.7. The minimum atomic E-state index is -1.54. The monoisotopic (exact) mass is 558 g/mol. The molecule has 12 atom stereocenters. The molecule has 11 heteroatoms. The highest BCUT2D eigenvalue weighted by Crippen LogP contribution is 2.72. The Hall–Kier alpha value is -2.12. The first-order chi connectivity index (χ1) is 19.1. The van der Waals surface area contributed by atoms with Gasteiger partial charge in [0.2, 0.25) is 0 Å². The van der Waals surface area contributed by atoms with Crippen LogP contribution in [0.3, 0.4) is 0 Å². The summed E-state index contributed by atoms with van der Waals surface area (Å²) in [4.78, 5) is 26.8. The summed E-state index contributed by atoms with van der Waals surface area (Å²) >= 11 is 0. The molecule has 2 aliphatic carbocycles. The third-order valence-corrected chi connectivity index (χ3v) is 11.3. The normalized spacial score (nSPS) is 56.0. The number of allylic oxidation sites excluding steroid dienone is 3. The fourth-order valence-electron chi connectivity index (χ4n) is 8.86. The quantitative estimate of drug-likeness (QED) is 0.245. The van der Waals surface area contributed by atoms with Crippen LogP contribution in [0, 0.1) is 10.8 Å². The molecular weight excluding hydrogens is 524 g/mol. The fourth-order valence-corrected chi connectivity index (χ4v) is 8.86. The zero-order valence-electron chi connectivity index (χ0n) is 22.4. The zero-order valence-corrected chi connectivity index (χ0v) is 22.4. The highest BCUT2D eigenvalue weighted by Gasteiger charge is 2.83. The Morgan fingerprint density at radius 2 is 1.85 bits per heavy atom. The van der Waals surface area contributed by atoms with Gasteiger partial charge < -0.3 is 43.4 Å². The van der Waals surface area contributed by atoms with Gasteiger partial charge in [0.1, 0.15) is 41.7 Å². The summed E-state index contributed by atoms with van der Waals surface area (Å²) in [6.07, 6.45) is 4.33. The summed E-state index contributed by atoms with van der Waals surface area (Å²) in [5.74, 6) is -1.07. The van der Waals surface area contributed by atoms with Crippen molar-refractivity contribution in [2.24, 2.45) is 10.8 Å². The van der Waals surface area contributed by atoms with Gasteiger partial charge in [-0.05, 0) is 25.8 Å². The van der Waals surface area contributed by atoms with Gasteiger partial charge in [-0.1, -0.05) is 30.7 Å². The van der Waals surface area contributed by atoms with Crippen LogP contribution in [0.5, 0.6) is 0 Å². The maximum absolute atomic E-state index is 13.7. The van der Waals surface area contributed by atoms with E-state index in [1.165, 1.54) is 17.7 Å². The van der Waals surface area contributed by atoms with E-state index in [4.69, 9.17) is 33.2 Å². The van der Waals surface area contributed by atoms with Gasteiger partial charge in [-0.25, -0.2) is 9.59 Å². The third-order valence-electron chi connectivity index (χ3n) is 11.3. The van der Waals surface area contributed by atoms with Crippen LogP contribution in [-0.2, 0) is 42.7 Å². The van der Waals surface area contributed by atoms with E-state index < -0.39 is 70.3 Å². The van der Waals surface area contributed by atoms with Crippen molar-refractivity contribution in [1.29, 1.82) is 0 Å². The van der Waals surface area contributed by atoms with Gasteiger partial charge in [0.25, 0.3) is 0 Å². The molecule has 6 fully saturated rings. The second-order valence-electron chi connectivity index (χ2n) is 12.8. The Labute approximate surface area is 231 Å². The first kappa shape index (κ1) is 25.6. The van der Waals surface area contributed by atoms with Crippen molar-refractivity contribution in [3.8, 4) is 0 Å². The van der Waals surface area contributed by atoms with Crippen LogP contribution < -0.4 is 0 Å². The van der Waals surface area contributed by atoms with Crippen molar-refractivity contribution in [3.63, 3.8) is 0 Å². The third kappa shape index (κ3) is 2.94. The average Bonchev–Trinajstić information content (AvgIpc) is 3.83. The number of hydrogen-bond acceptors (Lipinski definition) is 11. The number of cyclic esters (lactones) is 1. The molecule has 6 aliphatic heterocycles. The Morgan fingerprint density at radius 3 is 2.65 bits per heavy atom. The van der Waals surface area contributed by atoms with Gasteiger partial charge in [0.05, 0.1) is 30.8 Å². The van der Waals surface area contributed by atoms with E-state index >= 15 is 0 Å². The standard InChI is InChI=1S/C29H34O11/c1-15-6-8-26-13-34-23(33)21-28(40-21)9-10-35-27(20(31)22(32)39-24(27)28)7-4-3-5-19(30)38-16-12-18(37-17(26)11-15)29(14-36-29)25(16,26)2/h3-5,7,11,16-18,20-22,24,31-32H,6,8-10,12-14H2,1-2H3/t16-,17-,18-,20?,21?,22?,24+,25-,26-,27-,28+,29?/m1/s1. The van der Waals surface area contributed by atoms with Crippen molar-refractivity contribution >= 4 is 11.9 Å². The lowest BCUT2D eigenvalue weighted by atomic mass is 9.51. The fraction of sp³-hybridized carbons (Fsp3) is 0.724.